The molecule has 0 spiro atoms. The van der Waals surface area contributed by atoms with Crippen LogP contribution in [0.3, 0.4) is 0 Å². The highest BCUT2D eigenvalue weighted by Gasteiger charge is 2.09. The molecule has 1 unspecified atom stereocenters. The van der Waals surface area contributed by atoms with E-state index in [0.29, 0.717) is 0 Å². The van der Waals surface area contributed by atoms with Crippen LogP contribution < -0.4 is 5.32 Å². The van der Waals surface area contributed by atoms with Crippen molar-refractivity contribution in [1.29, 1.82) is 0 Å². The van der Waals surface area contributed by atoms with Crippen molar-refractivity contribution in [3.63, 3.8) is 0 Å². The fourth-order valence-electron chi connectivity index (χ4n) is 1.46. The quantitative estimate of drug-likeness (QED) is 0.744. The molecule has 7 nitrogen and oxygen atoms in total. The number of aliphatic hydroxyl groups excluding tert-OH is 1. The summed E-state index contributed by atoms with van der Waals surface area (Å²) in [6.45, 7) is 0.194. The van der Waals surface area contributed by atoms with Crippen LogP contribution >= 0.6 is 0 Å². The van der Waals surface area contributed by atoms with Crippen molar-refractivity contribution in [2.45, 2.75) is 12.6 Å². The predicted octanol–water partition coefficient (Wildman–Crippen LogP) is -0.477. The number of hydrogen-bond donors (Lipinski definition) is 2. The first-order valence-electron chi connectivity index (χ1n) is 5.46. The van der Waals surface area contributed by atoms with E-state index in [2.05, 4.69) is 20.8 Å². The summed E-state index contributed by atoms with van der Waals surface area (Å²) in [5.41, 5.74) is 0.764. The monoisotopic (exact) mass is 247 g/mol. The van der Waals surface area contributed by atoms with Gasteiger partial charge in [-0.1, -0.05) is 30.3 Å². The van der Waals surface area contributed by atoms with Gasteiger partial charge < -0.3 is 10.4 Å². The van der Waals surface area contributed by atoms with E-state index in [4.69, 9.17) is 0 Å². The summed E-state index contributed by atoms with van der Waals surface area (Å²) in [6, 6.07) is 9.14. The zero-order chi connectivity index (χ0) is 12.8. The number of aromatic nitrogens is 4. The number of amides is 1. The lowest BCUT2D eigenvalue weighted by Crippen LogP contribution is -2.31. The van der Waals surface area contributed by atoms with Gasteiger partial charge in [0.25, 0.3) is 0 Å². The van der Waals surface area contributed by atoms with Crippen LogP contribution in [0.5, 0.6) is 0 Å². The van der Waals surface area contributed by atoms with E-state index in [-0.39, 0.29) is 19.0 Å². The summed E-state index contributed by atoms with van der Waals surface area (Å²) in [5, 5.41) is 22.9. The smallest absolute Gasteiger partial charge is 0.241 e. The molecule has 1 amide bonds. The highest BCUT2D eigenvalue weighted by atomic mass is 16.3. The Kier molecular flexibility index (Phi) is 3.98. The van der Waals surface area contributed by atoms with E-state index in [9.17, 15) is 9.90 Å². The summed E-state index contributed by atoms with van der Waals surface area (Å²) >= 11 is 0. The van der Waals surface area contributed by atoms with Gasteiger partial charge in [-0.3, -0.25) is 4.79 Å². The molecular weight excluding hydrogens is 234 g/mol. The minimum atomic E-state index is -0.718. The van der Waals surface area contributed by atoms with Crippen molar-refractivity contribution in [1.82, 2.24) is 25.5 Å². The van der Waals surface area contributed by atoms with Crippen molar-refractivity contribution >= 4 is 5.91 Å². The number of carbonyl (C=O) groups is 1. The Labute approximate surface area is 103 Å². The van der Waals surface area contributed by atoms with Gasteiger partial charge in [0.2, 0.25) is 5.91 Å². The van der Waals surface area contributed by atoms with Gasteiger partial charge in [0.15, 0.2) is 0 Å². The third-order valence-corrected chi connectivity index (χ3v) is 2.37. The first kappa shape index (κ1) is 12.2. The second-order valence-electron chi connectivity index (χ2n) is 3.74. The number of nitrogens with zero attached hydrogens (tertiary/aromatic N) is 4. The number of hydrogen-bond acceptors (Lipinski definition) is 5. The van der Waals surface area contributed by atoms with E-state index >= 15 is 0 Å². The van der Waals surface area contributed by atoms with Crippen molar-refractivity contribution in [3.8, 4) is 0 Å². The lowest BCUT2D eigenvalue weighted by molar-refractivity contribution is -0.122. The summed E-state index contributed by atoms with van der Waals surface area (Å²) < 4.78 is 1.31. The molecule has 2 N–H and O–H groups in total. The fourth-order valence-corrected chi connectivity index (χ4v) is 1.46. The van der Waals surface area contributed by atoms with Crippen LogP contribution in [0.2, 0.25) is 0 Å². The number of aliphatic hydroxyl groups is 1. The molecule has 0 aliphatic heterocycles. The standard InChI is InChI=1S/C11H13N5O2/c17-10(9-4-2-1-3-5-9)6-12-11(18)7-16-8-13-14-15-16/h1-5,8,10,17H,6-7H2,(H,12,18). The minimum absolute atomic E-state index is 0.0362. The van der Waals surface area contributed by atoms with E-state index in [0.717, 1.165) is 5.56 Å². The van der Waals surface area contributed by atoms with Crippen molar-refractivity contribution < 1.29 is 9.90 Å². The maximum atomic E-state index is 11.5. The Morgan fingerprint density at radius 2 is 2.17 bits per heavy atom. The SMILES string of the molecule is O=C(Cn1cnnn1)NCC(O)c1ccccc1. The maximum Gasteiger partial charge on any atom is 0.241 e. The Balaban J connectivity index is 1.79. The molecule has 0 aliphatic carbocycles. The van der Waals surface area contributed by atoms with Crippen molar-refractivity contribution in [2.75, 3.05) is 6.54 Å². The number of nitrogens with one attached hydrogen (secondary N) is 1. The molecule has 1 aromatic heterocycles. The molecule has 1 aromatic carbocycles. The van der Waals surface area contributed by atoms with Crippen molar-refractivity contribution in [3.05, 3.63) is 42.2 Å². The van der Waals surface area contributed by atoms with Crippen LogP contribution in [0.25, 0.3) is 0 Å². The highest BCUT2D eigenvalue weighted by molar-refractivity contribution is 5.75. The van der Waals surface area contributed by atoms with Gasteiger partial charge in [0.1, 0.15) is 12.9 Å². The van der Waals surface area contributed by atoms with Crippen LogP contribution in [-0.4, -0.2) is 37.8 Å². The van der Waals surface area contributed by atoms with E-state index in [1.807, 2.05) is 18.2 Å². The normalized spacial score (nSPS) is 12.1. The van der Waals surface area contributed by atoms with Crippen LogP contribution in [0.15, 0.2) is 36.7 Å². The molecule has 0 bridgehead atoms. The molecule has 0 saturated heterocycles. The van der Waals surface area contributed by atoms with Crippen LogP contribution in [0.1, 0.15) is 11.7 Å². The van der Waals surface area contributed by atoms with E-state index in [1.54, 1.807) is 12.1 Å². The number of benzene rings is 1. The van der Waals surface area contributed by atoms with Gasteiger partial charge in [0, 0.05) is 6.54 Å². The Hall–Kier alpha value is -2.28. The van der Waals surface area contributed by atoms with E-state index < -0.39 is 6.10 Å². The molecule has 0 radical (unpaired) electrons. The lowest BCUT2D eigenvalue weighted by Gasteiger charge is -2.11. The van der Waals surface area contributed by atoms with Gasteiger partial charge in [-0.15, -0.1) is 5.10 Å². The van der Waals surface area contributed by atoms with E-state index in [1.165, 1.54) is 11.0 Å². The van der Waals surface area contributed by atoms with Crippen LogP contribution in [0, 0.1) is 0 Å². The Bertz CT molecular complexity index is 485. The molecular formula is C11H13N5O2. The Morgan fingerprint density at radius 1 is 1.39 bits per heavy atom. The third-order valence-electron chi connectivity index (χ3n) is 2.37. The molecule has 18 heavy (non-hydrogen) atoms. The summed E-state index contributed by atoms with van der Waals surface area (Å²) in [7, 11) is 0. The number of carbonyl (C=O) groups excluding carboxylic acids is 1. The van der Waals surface area contributed by atoms with Gasteiger partial charge in [-0.05, 0) is 16.0 Å². The zero-order valence-electron chi connectivity index (χ0n) is 9.60. The fraction of sp³-hybridized carbons (Fsp3) is 0.273. The molecule has 0 saturated carbocycles. The van der Waals surface area contributed by atoms with Gasteiger partial charge in [0.05, 0.1) is 6.10 Å². The topological polar surface area (TPSA) is 92.9 Å². The molecule has 1 heterocycles. The van der Waals surface area contributed by atoms with Crippen LogP contribution in [-0.2, 0) is 11.3 Å². The number of tetrazole rings is 1. The Morgan fingerprint density at radius 3 is 2.83 bits per heavy atom. The molecule has 94 valence electrons. The molecule has 2 rings (SSSR count). The second-order valence-corrected chi connectivity index (χ2v) is 3.74. The minimum Gasteiger partial charge on any atom is -0.387 e. The predicted molar refractivity (Wildman–Crippen MR) is 62.2 cm³/mol. The summed E-state index contributed by atoms with van der Waals surface area (Å²) in [5.74, 6) is -0.253. The number of rotatable bonds is 5. The largest absolute Gasteiger partial charge is 0.387 e. The molecule has 2 aromatic rings. The zero-order valence-corrected chi connectivity index (χ0v) is 9.60. The van der Waals surface area contributed by atoms with Crippen LogP contribution in [0.4, 0.5) is 0 Å². The average molecular weight is 247 g/mol. The summed E-state index contributed by atoms with van der Waals surface area (Å²) in [4.78, 5) is 11.5. The molecule has 0 fully saturated rings. The molecule has 0 aliphatic rings. The third kappa shape index (κ3) is 3.36. The van der Waals surface area contributed by atoms with Gasteiger partial charge in [-0.2, -0.15) is 0 Å². The summed E-state index contributed by atoms with van der Waals surface area (Å²) in [6.07, 6.45) is 0.636. The van der Waals surface area contributed by atoms with Gasteiger partial charge in [-0.25, -0.2) is 4.68 Å². The first-order valence-corrected chi connectivity index (χ1v) is 5.46. The average Bonchev–Trinajstić information content (AvgIpc) is 2.90. The molecule has 1 atom stereocenters. The lowest BCUT2D eigenvalue weighted by atomic mass is 10.1. The first-order chi connectivity index (χ1) is 8.75. The van der Waals surface area contributed by atoms with Gasteiger partial charge >= 0.3 is 0 Å². The highest BCUT2D eigenvalue weighted by Crippen LogP contribution is 2.10. The van der Waals surface area contributed by atoms with Crippen molar-refractivity contribution in [2.24, 2.45) is 0 Å². The second kappa shape index (κ2) is 5.87. The maximum absolute atomic E-state index is 11.5. The molecule has 7 heteroatoms.